The van der Waals surface area contributed by atoms with Gasteiger partial charge in [0.1, 0.15) is 0 Å². The summed E-state index contributed by atoms with van der Waals surface area (Å²) in [4.78, 5) is 55.6. The minimum atomic E-state index is -0.995. The van der Waals surface area contributed by atoms with Crippen molar-refractivity contribution < 1.29 is 65.8 Å². The van der Waals surface area contributed by atoms with E-state index in [-0.39, 0.29) is 54.3 Å². The molecule has 48 heavy (non-hydrogen) atoms. The quantitative estimate of drug-likeness (QED) is 0.165. The first-order valence-electron chi connectivity index (χ1n) is 14.0. The van der Waals surface area contributed by atoms with Crippen molar-refractivity contribution in [3.8, 4) is 33.6 Å². The fraction of sp³-hybridized carbons (Fsp3) is 0.188. The van der Waals surface area contributed by atoms with E-state index in [1.54, 1.807) is 6.20 Å². The molecule has 0 bridgehead atoms. The number of aromatic amines is 2. The Morgan fingerprint density at radius 3 is 1.96 bits per heavy atom. The molecule has 0 saturated carbocycles. The number of rotatable bonds is 5. The minimum Gasteiger partial charge on any atom is -0.632 e. The molecule has 2 aliphatic carbocycles. The van der Waals surface area contributed by atoms with E-state index in [9.17, 15) is 19.2 Å². The number of ether oxygens (including phenoxy) is 2. The second-order valence-electron chi connectivity index (χ2n) is 10.2. The Morgan fingerprint density at radius 1 is 0.750 bits per heavy atom. The molecule has 0 aliphatic heterocycles. The monoisotopic (exact) mass is 756 g/mol. The Kier molecular flexibility index (Phi) is 14.2. The summed E-state index contributed by atoms with van der Waals surface area (Å²) in [7, 11) is 2.19. The van der Waals surface area contributed by atoms with Crippen LogP contribution < -0.4 is 11.1 Å². The van der Waals surface area contributed by atoms with Gasteiger partial charge in [0.25, 0.3) is 0 Å². The number of imidazole rings is 2. The van der Waals surface area contributed by atoms with Gasteiger partial charge in [-0.15, -0.1) is 0 Å². The van der Waals surface area contributed by atoms with E-state index in [1.165, 1.54) is 44.2 Å². The number of benzene rings is 3. The van der Waals surface area contributed by atoms with Crippen LogP contribution in [0.1, 0.15) is 22.4 Å². The van der Waals surface area contributed by atoms with Crippen LogP contribution in [0.15, 0.2) is 48.7 Å². The van der Waals surface area contributed by atoms with Gasteiger partial charge in [-0.2, -0.15) is 17.2 Å². The molecule has 5 aromatic rings. The van der Waals surface area contributed by atoms with E-state index in [4.69, 9.17) is 16.5 Å². The van der Waals surface area contributed by atoms with Crippen LogP contribution in [0.5, 0.6) is 0 Å². The maximum Gasteiger partial charge on any atom is 2.00 e. The molecule has 3 aromatic carbocycles. The largest absolute Gasteiger partial charge is 2.00 e. The molecule has 0 fully saturated rings. The zero-order valence-electron chi connectivity index (χ0n) is 25.7. The van der Waals surface area contributed by atoms with Crippen molar-refractivity contribution in [2.24, 2.45) is 0 Å². The molecular formula is C32H28N6O6P2V2. The zero-order valence-corrected chi connectivity index (χ0v) is 30.5. The summed E-state index contributed by atoms with van der Waals surface area (Å²) in [5.41, 5.74) is 25.3. The topological polar surface area (TPSA) is 192 Å². The fourth-order valence-electron chi connectivity index (χ4n) is 5.57. The predicted molar refractivity (Wildman–Crippen MR) is 180 cm³/mol. The van der Waals surface area contributed by atoms with Crippen molar-refractivity contribution in [2.75, 3.05) is 14.2 Å². The van der Waals surface area contributed by atoms with Crippen LogP contribution in [-0.2, 0) is 81.9 Å². The van der Waals surface area contributed by atoms with Crippen LogP contribution in [0.3, 0.4) is 0 Å². The van der Waals surface area contributed by atoms with Crippen molar-refractivity contribution in [1.82, 2.24) is 19.9 Å². The number of carbonyl (C=O) groups excluding carboxylic acids is 4. The number of amides is 2. The summed E-state index contributed by atoms with van der Waals surface area (Å²) in [5.74, 6) is 0. The molecule has 242 valence electrons. The molecule has 2 aliphatic rings. The summed E-state index contributed by atoms with van der Waals surface area (Å²) in [5, 5.41) is 2.41. The van der Waals surface area contributed by atoms with Gasteiger partial charge in [-0.1, -0.05) is 24.3 Å². The smallest absolute Gasteiger partial charge is 0.632 e. The van der Waals surface area contributed by atoms with Gasteiger partial charge in [0.05, 0.1) is 42.9 Å². The summed E-state index contributed by atoms with van der Waals surface area (Å²) in [6, 6.07) is 19.7. The first-order chi connectivity index (χ1) is 22.2. The predicted octanol–water partition coefficient (Wildman–Crippen LogP) is 5.83. The molecule has 2 aromatic heterocycles. The van der Waals surface area contributed by atoms with Gasteiger partial charge in [-0.3, -0.25) is 9.59 Å². The SMILES string of the molecule is COC([NH-])=O.COC([NH-])=O.O=[C-]Pc1ncc(-c2ccc3cc4c(cc3c2)CCc2cc3c(cc2-4)CCc2[nH]c(P[C-]=O)nc2-3)[nH]1.[V+2].[V+2]. The van der Waals surface area contributed by atoms with Crippen LogP contribution in [-0.4, -0.2) is 58.4 Å². The van der Waals surface area contributed by atoms with Crippen molar-refractivity contribution in [3.63, 3.8) is 0 Å². The van der Waals surface area contributed by atoms with Crippen LogP contribution >= 0.6 is 17.2 Å². The first kappa shape index (κ1) is 38.7. The second kappa shape index (κ2) is 17.6. The van der Waals surface area contributed by atoms with Gasteiger partial charge in [-0.05, 0) is 82.5 Å². The molecular weight excluding hydrogens is 728 g/mol. The molecule has 2 unspecified atom stereocenters. The van der Waals surface area contributed by atoms with E-state index in [1.807, 2.05) is 12.1 Å². The van der Waals surface area contributed by atoms with E-state index >= 15 is 0 Å². The Morgan fingerprint density at radius 2 is 1.31 bits per heavy atom. The standard InChI is InChI=1S/C28H20N4O2P2.2C2H5NO2.2V/c33-13-35-27-29-12-25(31-27)19-4-1-15-9-21-16(7-20(15)8-19)2-3-17-11-23-18(10-22(17)21)5-6-24-26(23)32-28(30-24)36-14-34;2*1-5-2(3)4;;/h1,4,7-12,35-36H,2-3,5-6H2,(H,29,31)(H,30,32);2*1H3,(H2,3,4);;/q-2;;;2*+2/p-2. The Bertz CT molecular complexity index is 1950. The summed E-state index contributed by atoms with van der Waals surface area (Å²) in [6.45, 7) is 0. The number of carbonyl (C=O) groups is 2. The zero-order chi connectivity index (χ0) is 32.8. The van der Waals surface area contributed by atoms with Gasteiger partial charge in [0.2, 0.25) is 12.2 Å². The van der Waals surface area contributed by atoms with Crippen LogP contribution in [0.4, 0.5) is 9.59 Å². The molecule has 2 radical (unpaired) electrons. The number of hydrogen-bond donors (Lipinski definition) is 2. The van der Waals surface area contributed by atoms with E-state index in [0.29, 0.717) is 5.57 Å². The maximum absolute atomic E-state index is 10.9. The van der Waals surface area contributed by atoms with Crippen molar-refractivity contribution in [3.05, 3.63) is 82.5 Å². The van der Waals surface area contributed by atoms with E-state index in [2.05, 4.69) is 66.9 Å². The average Bonchev–Trinajstić information content (AvgIpc) is 3.71. The number of fused-ring (bicyclic) bond motifs is 7. The van der Waals surface area contributed by atoms with E-state index < -0.39 is 12.2 Å². The third-order valence-electron chi connectivity index (χ3n) is 7.62. The number of hydrogen-bond acceptors (Lipinski definition) is 8. The molecule has 2 amide bonds. The van der Waals surface area contributed by atoms with E-state index in [0.717, 1.165) is 68.1 Å². The van der Waals surface area contributed by atoms with Gasteiger partial charge in [0.15, 0.2) is 0 Å². The van der Waals surface area contributed by atoms with Gasteiger partial charge < -0.3 is 40.5 Å². The van der Waals surface area contributed by atoms with Crippen molar-refractivity contribution >= 4 is 63.3 Å². The number of aryl methyl sites for hydroxylation is 4. The summed E-state index contributed by atoms with van der Waals surface area (Å²) in [6.07, 6.45) is 3.65. The van der Waals surface area contributed by atoms with Gasteiger partial charge in [0, 0.05) is 16.8 Å². The summed E-state index contributed by atoms with van der Waals surface area (Å²) >= 11 is 0. The average molecular weight is 756 g/mol. The van der Waals surface area contributed by atoms with Crippen LogP contribution in [0, 0.1) is 0 Å². The Labute approximate surface area is 303 Å². The molecule has 7 rings (SSSR count). The number of nitrogens with one attached hydrogen (secondary N) is 4. The molecule has 0 spiro atoms. The number of methoxy groups -OCH3 is 2. The molecule has 12 nitrogen and oxygen atoms in total. The third kappa shape index (κ3) is 8.83. The first-order valence-corrected chi connectivity index (χ1v) is 16.0. The molecule has 2 atom stereocenters. The van der Waals surface area contributed by atoms with Gasteiger partial charge in [-0.25, -0.2) is 22.0 Å². The molecule has 0 saturated heterocycles. The second-order valence-corrected chi connectivity index (χ2v) is 12.1. The number of nitrogens with zero attached hydrogens (tertiary/aromatic N) is 2. The third-order valence-corrected chi connectivity index (χ3v) is 8.79. The van der Waals surface area contributed by atoms with Crippen LogP contribution in [0.2, 0.25) is 0 Å². The minimum absolute atomic E-state index is 0. The molecule has 16 heteroatoms. The Hall–Kier alpha value is -3.75. The van der Waals surface area contributed by atoms with Gasteiger partial charge >= 0.3 is 37.1 Å². The molecule has 2 heterocycles. The summed E-state index contributed by atoms with van der Waals surface area (Å²) < 4.78 is 7.56. The maximum atomic E-state index is 10.9. The number of aromatic nitrogens is 4. The Balaban J connectivity index is 0.000000461. The van der Waals surface area contributed by atoms with Crippen LogP contribution in [0.25, 0.3) is 55.9 Å². The van der Waals surface area contributed by atoms with Crippen molar-refractivity contribution in [1.29, 1.82) is 0 Å². The van der Waals surface area contributed by atoms with Crippen molar-refractivity contribution in [2.45, 2.75) is 25.7 Å². The fourth-order valence-corrected chi connectivity index (χ4v) is 6.47. The number of H-pyrrole nitrogens is 2. The normalized spacial score (nSPS) is 12.0. The molecule has 4 N–H and O–H groups in total.